The summed E-state index contributed by atoms with van der Waals surface area (Å²) in [5.41, 5.74) is 2.82. The van der Waals surface area contributed by atoms with Crippen molar-refractivity contribution >= 4 is 16.5 Å². The van der Waals surface area contributed by atoms with Crippen molar-refractivity contribution in [1.82, 2.24) is 0 Å². The number of rotatable bonds is 2. The molecule has 1 N–H and O–H groups in total. The van der Waals surface area contributed by atoms with Gasteiger partial charge in [0.1, 0.15) is 0 Å². The number of hydrogen-bond donors (Lipinski definition) is 1. The van der Waals surface area contributed by atoms with E-state index in [0.29, 0.717) is 6.04 Å². The van der Waals surface area contributed by atoms with Gasteiger partial charge >= 0.3 is 0 Å². The minimum Gasteiger partial charge on any atom is -0.378 e. The second kappa shape index (κ2) is 6.45. The molecular formula is C20H21N. The van der Waals surface area contributed by atoms with Crippen LogP contribution in [0.4, 0.5) is 5.69 Å². The molecule has 1 nitrogen and oxygen atoms in total. The molecule has 1 heterocycles. The average molecular weight is 275 g/mol. The highest BCUT2D eigenvalue weighted by molar-refractivity contribution is 5.82. The zero-order valence-corrected chi connectivity index (χ0v) is 12.4. The number of anilines is 1. The highest BCUT2D eigenvalue weighted by Crippen LogP contribution is 2.37. The Balaban J connectivity index is 0.000000126. The first-order valence-electron chi connectivity index (χ1n) is 7.67. The van der Waals surface area contributed by atoms with Gasteiger partial charge in [0.2, 0.25) is 0 Å². The van der Waals surface area contributed by atoms with Gasteiger partial charge in [0.15, 0.2) is 0 Å². The van der Waals surface area contributed by atoms with Crippen molar-refractivity contribution in [3.05, 3.63) is 78.4 Å². The summed E-state index contributed by atoms with van der Waals surface area (Å²) in [6, 6.07) is 25.9. The fourth-order valence-electron chi connectivity index (χ4n) is 2.77. The highest BCUT2D eigenvalue weighted by Gasteiger charge is 2.22. The standard InChI is InChI=1S/C10H13N.C10H8/c1-2-5-9-8-6-3-4-7-10(8)11-9;1-2-6-10-8-4-3-7-9(10)5-1/h3-4,6-7,9,11H,2,5H2,1H3;1-8H. The second-order valence-corrected chi connectivity index (χ2v) is 5.42. The topological polar surface area (TPSA) is 12.0 Å². The van der Waals surface area contributed by atoms with E-state index in [4.69, 9.17) is 0 Å². The van der Waals surface area contributed by atoms with Crippen LogP contribution in [0.5, 0.6) is 0 Å². The summed E-state index contributed by atoms with van der Waals surface area (Å²) in [5.74, 6) is 0. The van der Waals surface area contributed by atoms with Crippen LogP contribution >= 0.6 is 0 Å². The molecule has 106 valence electrons. The molecule has 0 bridgehead atoms. The van der Waals surface area contributed by atoms with Crippen LogP contribution in [0.25, 0.3) is 10.8 Å². The molecule has 3 aromatic carbocycles. The number of nitrogens with one attached hydrogen (secondary N) is 1. The van der Waals surface area contributed by atoms with Gasteiger partial charge in [0.25, 0.3) is 0 Å². The summed E-state index contributed by atoms with van der Waals surface area (Å²) in [6.07, 6.45) is 2.52. The molecule has 0 saturated heterocycles. The molecule has 0 aromatic heterocycles. The van der Waals surface area contributed by atoms with E-state index in [0.717, 1.165) is 0 Å². The molecule has 1 aliphatic heterocycles. The highest BCUT2D eigenvalue weighted by atomic mass is 15.0. The zero-order chi connectivity index (χ0) is 14.5. The van der Waals surface area contributed by atoms with E-state index in [1.54, 1.807) is 0 Å². The first-order chi connectivity index (χ1) is 10.4. The first-order valence-corrected chi connectivity index (χ1v) is 7.67. The molecule has 0 spiro atoms. The molecule has 0 amide bonds. The van der Waals surface area contributed by atoms with Crippen LogP contribution in [-0.4, -0.2) is 0 Å². The molecule has 21 heavy (non-hydrogen) atoms. The van der Waals surface area contributed by atoms with Gasteiger partial charge in [-0.2, -0.15) is 0 Å². The van der Waals surface area contributed by atoms with Gasteiger partial charge in [-0.25, -0.2) is 0 Å². The second-order valence-electron chi connectivity index (χ2n) is 5.42. The van der Waals surface area contributed by atoms with E-state index in [-0.39, 0.29) is 0 Å². The van der Waals surface area contributed by atoms with Crippen LogP contribution < -0.4 is 5.32 Å². The summed E-state index contributed by atoms with van der Waals surface area (Å²) in [7, 11) is 0. The van der Waals surface area contributed by atoms with E-state index in [9.17, 15) is 0 Å². The van der Waals surface area contributed by atoms with Crippen molar-refractivity contribution < 1.29 is 0 Å². The van der Waals surface area contributed by atoms with E-state index in [2.05, 4.69) is 85.0 Å². The third kappa shape index (κ3) is 3.08. The molecule has 1 atom stereocenters. The lowest BCUT2D eigenvalue weighted by Crippen LogP contribution is -2.21. The summed E-state index contributed by atoms with van der Waals surface area (Å²) >= 11 is 0. The molecule has 0 fully saturated rings. The van der Waals surface area contributed by atoms with Gasteiger partial charge < -0.3 is 5.32 Å². The lowest BCUT2D eigenvalue weighted by Gasteiger charge is -2.32. The molecule has 0 saturated carbocycles. The van der Waals surface area contributed by atoms with Crippen LogP contribution in [0.15, 0.2) is 72.8 Å². The lowest BCUT2D eigenvalue weighted by molar-refractivity contribution is 0.644. The minimum atomic E-state index is 0.635. The van der Waals surface area contributed by atoms with Gasteiger partial charge in [-0.05, 0) is 28.8 Å². The fraction of sp³-hybridized carbons (Fsp3) is 0.200. The Hall–Kier alpha value is -2.28. The van der Waals surface area contributed by atoms with E-state index >= 15 is 0 Å². The van der Waals surface area contributed by atoms with Gasteiger partial charge in [0.05, 0.1) is 6.04 Å². The number of para-hydroxylation sites is 1. The van der Waals surface area contributed by atoms with Crippen LogP contribution in [0.3, 0.4) is 0 Å². The van der Waals surface area contributed by atoms with Gasteiger partial charge in [0, 0.05) is 5.69 Å². The predicted molar refractivity (Wildman–Crippen MR) is 91.7 cm³/mol. The van der Waals surface area contributed by atoms with Crippen molar-refractivity contribution in [3.8, 4) is 0 Å². The minimum absolute atomic E-state index is 0.635. The van der Waals surface area contributed by atoms with E-state index in [1.165, 1.54) is 34.9 Å². The van der Waals surface area contributed by atoms with Crippen LogP contribution in [-0.2, 0) is 0 Å². The van der Waals surface area contributed by atoms with Crippen LogP contribution in [0.2, 0.25) is 0 Å². The summed E-state index contributed by atoms with van der Waals surface area (Å²) in [4.78, 5) is 0. The van der Waals surface area contributed by atoms with Crippen molar-refractivity contribution in [3.63, 3.8) is 0 Å². The monoisotopic (exact) mass is 275 g/mol. The maximum atomic E-state index is 3.42. The molecule has 0 aliphatic carbocycles. The maximum absolute atomic E-state index is 3.42. The number of fused-ring (bicyclic) bond motifs is 2. The number of benzene rings is 3. The molecule has 0 radical (unpaired) electrons. The van der Waals surface area contributed by atoms with Gasteiger partial charge in [-0.3, -0.25) is 0 Å². The number of hydrogen-bond acceptors (Lipinski definition) is 1. The smallest absolute Gasteiger partial charge is 0.0534 e. The Bertz CT molecular complexity index is 652. The van der Waals surface area contributed by atoms with E-state index in [1.807, 2.05) is 0 Å². The third-order valence-electron chi connectivity index (χ3n) is 3.90. The molecule has 1 heteroatoms. The maximum Gasteiger partial charge on any atom is 0.0534 e. The Morgan fingerprint density at radius 3 is 1.81 bits per heavy atom. The average Bonchev–Trinajstić information content (AvgIpc) is 2.53. The lowest BCUT2D eigenvalue weighted by atomic mass is 9.93. The molecule has 1 aliphatic rings. The zero-order valence-electron chi connectivity index (χ0n) is 12.4. The van der Waals surface area contributed by atoms with Crippen LogP contribution in [0, 0.1) is 0 Å². The van der Waals surface area contributed by atoms with Crippen molar-refractivity contribution in [2.45, 2.75) is 25.8 Å². The fourth-order valence-corrected chi connectivity index (χ4v) is 2.77. The van der Waals surface area contributed by atoms with Gasteiger partial charge in [-0.15, -0.1) is 0 Å². The van der Waals surface area contributed by atoms with Crippen molar-refractivity contribution in [2.75, 3.05) is 5.32 Å². The molecule has 3 aromatic rings. The largest absolute Gasteiger partial charge is 0.378 e. The SMILES string of the molecule is CCCC1Nc2ccccc21.c1ccc2ccccc2c1. The Morgan fingerprint density at radius 2 is 1.29 bits per heavy atom. The summed E-state index contributed by atoms with van der Waals surface area (Å²) in [6.45, 7) is 2.22. The molecule has 1 unspecified atom stereocenters. The van der Waals surface area contributed by atoms with Crippen molar-refractivity contribution in [1.29, 1.82) is 0 Å². The van der Waals surface area contributed by atoms with Gasteiger partial charge in [-0.1, -0.05) is 80.1 Å². The van der Waals surface area contributed by atoms with E-state index < -0.39 is 0 Å². The van der Waals surface area contributed by atoms with Crippen LogP contribution in [0.1, 0.15) is 31.4 Å². The summed E-state index contributed by atoms with van der Waals surface area (Å²) < 4.78 is 0. The molecule has 4 rings (SSSR count). The Labute approximate surface area is 126 Å². The Kier molecular flexibility index (Phi) is 4.20. The summed E-state index contributed by atoms with van der Waals surface area (Å²) in [5, 5.41) is 6.04. The first kappa shape index (κ1) is 13.7. The quantitative estimate of drug-likeness (QED) is 0.624. The molecular weight excluding hydrogens is 254 g/mol. The predicted octanol–water partition coefficient (Wildman–Crippen LogP) is 5.79. The Morgan fingerprint density at radius 1 is 0.762 bits per heavy atom. The van der Waals surface area contributed by atoms with Crippen molar-refractivity contribution in [2.24, 2.45) is 0 Å². The normalized spacial score (nSPS) is 15.2. The third-order valence-corrected chi connectivity index (χ3v) is 3.90.